The van der Waals surface area contributed by atoms with Crippen molar-refractivity contribution in [3.8, 4) is 5.69 Å². The van der Waals surface area contributed by atoms with E-state index < -0.39 is 37.0 Å². The number of aryl methyl sites for hydroxylation is 2. The summed E-state index contributed by atoms with van der Waals surface area (Å²) in [6, 6.07) is 17.5. The van der Waals surface area contributed by atoms with Crippen LogP contribution in [0.15, 0.2) is 48.5 Å². The van der Waals surface area contributed by atoms with Crippen LogP contribution in [0.1, 0.15) is 11.1 Å². The van der Waals surface area contributed by atoms with Gasteiger partial charge in [0.05, 0.1) is 0 Å². The molecular formula is C22H32N4Sn2. The van der Waals surface area contributed by atoms with Crippen LogP contribution in [0.4, 0.5) is 11.5 Å². The van der Waals surface area contributed by atoms with Gasteiger partial charge < -0.3 is 0 Å². The first-order valence-corrected chi connectivity index (χ1v) is 29.7. The van der Waals surface area contributed by atoms with Gasteiger partial charge in [0.15, 0.2) is 0 Å². The zero-order chi connectivity index (χ0) is 20.7. The van der Waals surface area contributed by atoms with Crippen LogP contribution < -0.4 is 6.83 Å². The third-order valence-electron chi connectivity index (χ3n) is 4.81. The van der Waals surface area contributed by atoms with Gasteiger partial charge in [-0.25, -0.2) is 0 Å². The number of rotatable bonds is 5. The van der Waals surface area contributed by atoms with E-state index in [9.17, 15) is 0 Å². The molecule has 3 aromatic rings. The summed E-state index contributed by atoms with van der Waals surface area (Å²) in [6.07, 6.45) is 0. The average Bonchev–Trinajstić information content (AvgIpc) is 3.01. The fourth-order valence-corrected chi connectivity index (χ4v) is 12.8. The summed E-state index contributed by atoms with van der Waals surface area (Å²) in [6.45, 7) is 4.26. The first kappa shape index (κ1) is 21.7. The van der Waals surface area contributed by atoms with Gasteiger partial charge in [0.2, 0.25) is 0 Å². The summed E-state index contributed by atoms with van der Waals surface area (Å²) < 4.78 is 5.95. The molecule has 3 rings (SSSR count). The number of hydrogen-bond donors (Lipinski definition) is 0. The monoisotopic (exact) mass is 592 g/mol. The predicted octanol–water partition coefficient (Wildman–Crippen LogP) is 5.40. The second-order valence-corrected chi connectivity index (χ2v) is 37.5. The number of nitrogens with zero attached hydrogens (tertiary/aromatic N) is 4. The van der Waals surface area contributed by atoms with Gasteiger partial charge in [0.25, 0.3) is 0 Å². The summed E-state index contributed by atoms with van der Waals surface area (Å²) in [4.78, 5) is 14.7. The summed E-state index contributed by atoms with van der Waals surface area (Å²) >= 11 is -5.12. The van der Waals surface area contributed by atoms with Gasteiger partial charge in [0.1, 0.15) is 0 Å². The van der Waals surface area contributed by atoms with E-state index in [0.717, 1.165) is 5.69 Å². The van der Waals surface area contributed by atoms with Crippen molar-refractivity contribution >= 4 is 52.2 Å². The van der Waals surface area contributed by atoms with E-state index in [4.69, 9.17) is 5.10 Å². The van der Waals surface area contributed by atoms with Crippen LogP contribution in [0.25, 0.3) is 5.69 Å². The molecule has 0 spiro atoms. The quantitative estimate of drug-likeness (QED) is 0.374. The number of aromatic nitrogens is 3. The minimum absolute atomic E-state index is 1.09. The first-order valence-electron chi connectivity index (χ1n) is 9.88. The van der Waals surface area contributed by atoms with E-state index in [0.29, 0.717) is 0 Å². The normalized spacial score (nSPS) is 12.3. The standard InChI is InChI=1S/C16H14N4.6CH3.2Sn/c1-12-3-7-14(8-4-12)18-16-11-17-19-20(16)15-9-5-13(2)6-10-15;;;;;;;;/h3-10H,1-2H3;6*1H3;;/q-1;;;;;;;;+1. The first-order chi connectivity index (χ1) is 13.0. The van der Waals surface area contributed by atoms with Crippen LogP contribution in [-0.2, 0) is 0 Å². The topological polar surface area (TPSA) is 34.0 Å². The van der Waals surface area contributed by atoms with Crippen molar-refractivity contribution in [3.05, 3.63) is 59.7 Å². The van der Waals surface area contributed by atoms with Gasteiger partial charge in [-0.15, -0.1) is 0 Å². The van der Waals surface area contributed by atoms with Gasteiger partial charge in [-0.05, 0) is 0 Å². The molecule has 0 aliphatic rings. The second-order valence-electron chi connectivity index (χ2n) is 9.60. The molecule has 0 saturated heterocycles. The van der Waals surface area contributed by atoms with E-state index in [-0.39, 0.29) is 0 Å². The average molecular weight is 590 g/mol. The molecule has 0 unspecified atom stereocenters. The van der Waals surface area contributed by atoms with E-state index in [1.807, 2.05) is 0 Å². The third-order valence-corrected chi connectivity index (χ3v) is 15.0. The van der Waals surface area contributed by atoms with Crippen LogP contribution in [0.5, 0.6) is 0 Å². The van der Waals surface area contributed by atoms with E-state index in [2.05, 4.69) is 105 Å². The van der Waals surface area contributed by atoms with E-state index in [1.54, 1.807) is 0 Å². The third kappa shape index (κ3) is 4.58. The Morgan fingerprint density at radius 2 is 1.25 bits per heavy atom. The Balaban J connectivity index is 2.30. The van der Waals surface area contributed by atoms with Gasteiger partial charge >= 0.3 is 179 Å². The van der Waals surface area contributed by atoms with Crippen molar-refractivity contribution in [3.63, 3.8) is 0 Å². The van der Waals surface area contributed by atoms with Gasteiger partial charge in [-0.2, -0.15) is 0 Å². The molecule has 0 radical (unpaired) electrons. The predicted molar refractivity (Wildman–Crippen MR) is 126 cm³/mol. The molecule has 28 heavy (non-hydrogen) atoms. The molecular weight excluding hydrogens is 558 g/mol. The molecule has 0 amide bonds. The molecule has 148 valence electrons. The van der Waals surface area contributed by atoms with Crippen molar-refractivity contribution in [2.75, 3.05) is 3.12 Å². The summed E-state index contributed by atoms with van der Waals surface area (Å²) in [5.41, 5.74) is 4.89. The van der Waals surface area contributed by atoms with Gasteiger partial charge in [-0.3, -0.25) is 0 Å². The number of benzene rings is 2. The van der Waals surface area contributed by atoms with Crippen LogP contribution in [0.3, 0.4) is 0 Å². The Morgan fingerprint density at radius 3 is 1.71 bits per heavy atom. The molecule has 0 fully saturated rings. The van der Waals surface area contributed by atoms with Crippen LogP contribution in [0, 0.1) is 13.8 Å². The van der Waals surface area contributed by atoms with Crippen LogP contribution in [0.2, 0.25) is 29.6 Å². The number of hydrogen-bond acceptors (Lipinski definition) is 3. The van der Waals surface area contributed by atoms with E-state index in [1.165, 1.54) is 26.3 Å². The zero-order valence-corrected chi connectivity index (χ0v) is 24.1. The van der Waals surface area contributed by atoms with Crippen molar-refractivity contribution in [2.45, 2.75) is 43.5 Å². The Morgan fingerprint density at radius 1 is 0.750 bits per heavy atom. The molecule has 0 saturated carbocycles. The second kappa shape index (κ2) is 8.01. The van der Waals surface area contributed by atoms with Crippen LogP contribution >= 0.6 is 0 Å². The molecule has 0 bridgehead atoms. The Hall–Kier alpha value is -1.02. The maximum absolute atomic E-state index is 4.76. The number of anilines is 2. The zero-order valence-electron chi connectivity index (χ0n) is 18.4. The summed E-state index contributed by atoms with van der Waals surface area (Å²) in [5, 5.41) is 9.43. The van der Waals surface area contributed by atoms with Gasteiger partial charge in [-0.1, -0.05) is 0 Å². The van der Waals surface area contributed by atoms with Crippen LogP contribution in [-0.4, -0.2) is 52.0 Å². The summed E-state index contributed by atoms with van der Waals surface area (Å²) in [5.74, 6) is 1.21. The molecule has 0 aliphatic heterocycles. The van der Waals surface area contributed by atoms with Crippen molar-refractivity contribution in [1.29, 1.82) is 0 Å². The molecule has 1 aromatic heterocycles. The molecule has 0 aliphatic carbocycles. The maximum atomic E-state index is 4.76. The van der Waals surface area contributed by atoms with E-state index >= 15 is 0 Å². The summed E-state index contributed by atoms with van der Waals surface area (Å²) in [7, 11) is 0. The molecule has 1 heterocycles. The Labute approximate surface area is 178 Å². The van der Waals surface area contributed by atoms with Crippen molar-refractivity contribution in [1.82, 2.24) is 15.0 Å². The minimum atomic E-state index is -2.61. The Bertz CT molecular complexity index is 946. The SMILES string of the molecule is Cc1ccc([N](c2[c]([Sn]([CH3])([CH3])[CH3])nnn2-c2ccc(C)cc2)[Sn]([CH3])([CH3])[CH3])cc1. The van der Waals surface area contributed by atoms with Gasteiger partial charge in [0, 0.05) is 0 Å². The molecule has 0 N–H and O–H groups in total. The van der Waals surface area contributed by atoms with Crippen molar-refractivity contribution < 1.29 is 0 Å². The fraction of sp³-hybridized carbons (Fsp3) is 0.364. The van der Waals surface area contributed by atoms with Crippen molar-refractivity contribution in [2.24, 2.45) is 0 Å². The Kier molecular flexibility index (Phi) is 6.20. The molecule has 6 heteroatoms. The molecule has 4 nitrogen and oxygen atoms in total. The molecule has 0 atom stereocenters. The molecule has 2 aromatic carbocycles. The fourth-order valence-electron chi connectivity index (χ4n) is 3.34.